The van der Waals surface area contributed by atoms with Crippen LogP contribution in [0.5, 0.6) is 0 Å². The number of rotatable bonds is 8. The quantitative estimate of drug-likeness (QED) is 0.163. The number of nitrogens with one attached hydrogen (secondary N) is 3. The summed E-state index contributed by atoms with van der Waals surface area (Å²) in [5.41, 5.74) is 4.45. The van der Waals surface area contributed by atoms with E-state index in [1.54, 1.807) is 42.5 Å². The van der Waals surface area contributed by atoms with Crippen molar-refractivity contribution >= 4 is 70.3 Å². The molecule has 0 aliphatic carbocycles. The highest BCUT2D eigenvalue weighted by Gasteiger charge is 2.12. The van der Waals surface area contributed by atoms with Gasteiger partial charge in [-0.2, -0.15) is 5.10 Å². The molecule has 0 saturated heterocycles. The number of aromatic nitrogens is 3. The average Bonchev–Trinajstić information content (AvgIpc) is 3.07. The van der Waals surface area contributed by atoms with E-state index in [1.165, 1.54) is 17.8 Å². The lowest BCUT2D eigenvalue weighted by atomic mass is 10.2. The Morgan fingerprint density at radius 2 is 1.91 bits per heavy atom. The van der Waals surface area contributed by atoms with Crippen LogP contribution in [0, 0.1) is 0 Å². The molecule has 0 unspecified atom stereocenters. The van der Waals surface area contributed by atoms with Crippen LogP contribution in [0.2, 0.25) is 10.0 Å². The molecule has 32 heavy (non-hydrogen) atoms. The van der Waals surface area contributed by atoms with E-state index < -0.39 is 0 Å². The SMILES string of the molecule is CC(=O)Nc1cccc(NC(=O)CSc2nnc(N/N=C/c3ccc(Cl)cc3Cl)n2N)c1. The van der Waals surface area contributed by atoms with Crippen molar-refractivity contribution in [1.29, 1.82) is 0 Å². The molecule has 2 amide bonds. The van der Waals surface area contributed by atoms with Gasteiger partial charge in [0, 0.05) is 28.9 Å². The lowest BCUT2D eigenvalue weighted by molar-refractivity contribution is -0.114. The van der Waals surface area contributed by atoms with E-state index in [1.807, 2.05) is 0 Å². The summed E-state index contributed by atoms with van der Waals surface area (Å²) in [6.07, 6.45) is 1.49. The highest BCUT2D eigenvalue weighted by Crippen LogP contribution is 2.20. The van der Waals surface area contributed by atoms with Gasteiger partial charge >= 0.3 is 0 Å². The lowest BCUT2D eigenvalue weighted by Crippen LogP contribution is -2.17. The minimum Gasteiger partial charge on any atom is -0.334 e. The topological polar surface area (TPSA) is 139 Å². The zero-order chi connectivity index (χ0) is 23.1. The maximum atomic E-state index is 12.2. The highest BCUT2D eigenvalue weighted by molar-refractivity contribution is 7.99. The van der Waals surface area contributed by atoms with Crippen molar-refractivity contribution in [1.82, 2.24) is 14.9 Å². The van der Waals surface area contributed by atoms with Crippen LogP contribution in [0.3, 0.4) is 0 Å². The zero-order valence-electron chi connectivity index (χ0n) is 16.7. The van der Waals surface area contributed by atoms with Crippen LogP contribution in [0.15, 0.2) is 52.7 Å². The highest BCUT2D eigenvalue weighted by atomic mass is 35.5. The molecule has 3 aromatic rings. The Hall–Kier alpha value is -3.28. The Balaban J connectivity index is 1.53. The number of nitrogens with zero attached hydrogens (tertiary/aromatic N) is 4. The number of carbonyl (C=O) groups excluding carboxylic acids is 2. The fourth-order valence-electron chi connectivity index (χ4n) is 2.42. The summed E-state index contributed by atoms with van der Waals surface area (Å²) in [5.74, 6) is 5.71. The molecule has 0 saturated carbocycles. The van der Waals surface area contributed by atoms with Gasteiger partial charge in [0.05, 0.1) is 17.0 Å². The van der Waals surface area contributed by atoms with Crippen molar-refractivity contribution in [3.63, 3.8) is 0 Å². The van der Waals surface area contributed by atoms with Gasteiger partial charge in [-0.25, -0.2) is 10.1 Å². The number of hydrogen-bond acceptors (Lipinski definition) is 8. The third-order valence-corrected chi connectivity index (χ3v) is 5.30. The summed E-state index contributed by atoms with van der Waals surface area (Å²) in [5, 5.41) is 18.6. The molecule has 0 fully saturated rings. The van der Waals surface area contributed by atoms with Gasteiger partial charge in [-0.1, -0.05) is 47.1 Å². The standard InChI is InChI=1S/C19H18Cl2N8O2S/c1-11(30)24-14-3-2-4-15(8-14)25-17(31)10-32-19-28-27-18(29(19)22)26-23-9-12-5-6-13(20)7-16(12)21/h2-9H,10,22H2,1H3,(H,24,30)(H,25,31)(H,26,27)/b23-9+. The first kappa shape index (κ1) is 23.4. The maximum absolute atomic E-state index is 12.2. The van der Waals surface area contributed by atoms with Crippen molar-refractivity contribution in [2.75, 3.05) is 27.7 Å². The van der Waals surface area contributed by atoms with Crippen LogP contribution in [0.4, 0.5) is 17.3 Å². The van der Waals surface area contributed by atoms with Crippen LogP contribution in [0.1, 0.15) is 12.5 Å². The number of carbonyl (C=O) groups is 2. The van der Waals surface area contributed by atoms with Crippen molar-refractivity contribution in [3.8, 4) is 0 Å². The fourth-order valence-corrected chi connectivity index (χ4v) is 3.54. The number of hydrazone groups is 1. The Bertz CT molecular complexity index is 1170. The van der Waals surface area contributed by atoms with E-state index in [0.29, 0.717) is 32.1 Å². The molecule has 13 heteroatoms. The summed E-state index contributed by atoms with van der Waals surface area (Å²) in [4.78, 5) is 23.4. The number of benzene rings is 2. The third-order valence-electron chi connectivity index (χ3n) is 3.79. The molecule has 166 valence electrons. The predicted octanol–water partition coefficient (Wildman–Crippen LogP) is 3.43. The Morgan fingerprint density at radius 1 is 1.16 bits per heavy atom. The van der Waals surface area contributed by atoms with E-state index in [0.717, 1.165) is 11.8 Å². The summed E-state index contributed by atoms with van der Waals surface area (Å²) in [6.45, 7) is 1.41. The average molecular weight is 493 g/mol. The number of nitrogen functional groups attached to an aromatic ring is 1. The first-order valence-electron chi connectivity index (χ1n) is 9.07. The molecule has 0 aliphatic heterocycles. The van der Waals surface area contributed by atoms with Gasteiger partial charge in [-0.3, -0.25) is 9.59 Å². The van der Waals surface area contributed by atoms with Crippen LogP contribution < -0.4 is 21.9 Å². The summed E-state index contributed by atoms with van der Waals surface area (Å²) >= 11 is 13.0. The lowest BCUT2D eigenvalue weighted by Gasteiger charge is -2.07. The molecule has 0 atom stereocenters. The van der Waals surface area contributed by atoms with Gasteiger partial charge in [0.15, 0.2) is 0 Å². The van der Waals surface area contributed by atoms with Crippen LogP contribution in [-0.4, -0.2) is 38.7 Å². The van der Waals surface area contributed by atoms with Crippen molar-refractivity contribution in [2.45, 2.75) is 12.1 Å². The normalized spacial score (nSPS) is 10.8. The number of thioether (sulfide) groups is 1. The third kappa shape index (κ3) is 6.61. The molecule has 1 aromatic heterocycles. The molecule has 0 radical (unpaired) electrons. The molecule has 3 rings (SSSR count). The van der Waals surface area contributed by atoms with Gasteiger partial charge in [0.25, 0.3) is 5.95 Å². The van der Waals surface area contributed by atoms with E-state index >= 15 is 0 Å². The van der Waals surface area contributed by atoms with Crippen LogP contribution >= 0.6 is 35.0 Å². The van der Waals surface area contributed by atoms with Crippen molar-refractivity contribution < 1.29 is 9.59 Å². The van der Waals surface area contributed by atoms with Crippen LogP contribution in [0.25, 0.3) is 0 Å². The van der Waals surface area contributed by atoms with Gasteiger partial charge in [0.1, 0.15) is 0 Å². The van der Waals surface area contributed by atoms with Gasteiger partial charge in [-0.05, 0) is 30.3 Å². The number of halogens is 2. The number of anilines is 3. The molecule has 10 nitrogen and oxygen atoms in total. The largest absolute Gasteiger partial charge is 0.334 e. The number of hydrogen-bond donors (Lipinski definition) is 4. The molecule has 0 aliphatic rings. The molecule has 1 heterocycles. The maximum Gasteiger partial charge on any atom is 0.264 e. The molecular formula is C19H18Cl2N8O2S. The first-order chi connectivity index (χ1) is 15.3. The molecule has 0 spiro atoms. The monoisotopic (exact) mass is 492 g/mol. The van der Waals surface area contributed by atoms with E-state index in [9.17, 15) is 9.59 Å². The Morgan fingerprint density at radius 3 is 2.62 bits per heavy atom. The molecular weight excluding hydrogens is 475 g/mol. The second kappa shape index (κ2) is 10.8. The van der Waals surface area contributed by atoms with Crippen molar-refractivity contribution in [3.05, 3.63) is 58.1 Å². The minimum absolute atomic E-state index is 0.0450. The number of nitrogens with two attached hydrogens (primary N) is 1. The van der Waals surface area contributed by atoms with Crippen LogP contribution in [-0.2, 0) is 9.59 Å². The summed E-state index contributed by atoms with van der Waals surface area (Å²) in [6, 6.07) is 11.8. The number of amides is 2. The molecule has 2 aromatic carbocycles. The Labute approximate surface area is 197 Å². The second-order valence-corrected chi connectivity index (χ2v) is 8.10. The molecule has 5 N–H and O–H groups in total. The fraction of sp³-hybridized carbons (Fsp3) is 0.105. The van der Waals surface area contributed by atoms with Gasteiger partial charge in [0.2, 0.25) is 17.0 Å². The van der Waals surface area contributed by atoms with E-state index in [-0.39, 0.29) is 23.5 Å². The minimum atomic E-state index is -0.275. The summed E-state index contributed by atoms with van der Waals surface area (Å²) in [7, 11) is 0. The smallest absolute Gasteiger partial charge is 0.264 e. The van der Waals surface area contributed by atoms with E-state index in [2.05, 4.69) is 31.4 Å². The summed E-state index contributed by atoms with van der Waals surface area (Å²) < 4.78 is 1.18. The molecule has 0 bridgehead atoms. The van der Waals surface area contributed by atoms with Gasteiger partial charge < -0.3 is 16.5 Å². The second-order valence-electron chi connectivity index (χ2n) is 6.31. The van der Waals surface area contributed by atoms with Gasteiger partial charge in [-0.15, -0.1) is 10.2 Å². The first-order valence-corrected chi connectivity index (χ1v) is 10.8. The Kier molecular flexibility index (Phi) is 7.92. The predicted molar refractivity (Wildman–Crippen MR) is 128 cm³/mol. The van der Waals surface area contributed by atoms with E-state index in [4.69, 9.17) is 29.0 Å². The zero-order valence-corrected chi connectivity index (χ0v) is 19.0. The van der Waals surface area contributed by atoms with Crippen molar-refractivity contribution in [2.24, 2.45) is 5.10 Å².